The van der Waals surface area contributed by atoms with Crippen LogP contribution in [-0.2, 0) is 10.0 Å². The molecule has 0 radical (unpaired) electrons. The fourth-order valence-corrected chi connectivity index (χ4v) is 3.35. The van der Waals surface area contributed by atoms with E-state index in [1.807, 2.05) is 19.1 Å². The normalized spacial score (nSPS) is 11.7. The molecule has 0 bridgehead atoms. The lowest BCUT2D eigenvalue weighted by Gasteiger charge is -2.05. The Morgan fingerprint density at radius 1 is 1.23 bits per heavy atom. The molecule has 2 N–H and O–H groups in total. The summed E-state index contributed by atoms with van der Waals surface area (Å²) in [6, 6.07) is 7.25. The molecule has 0 saturated carbocycles. The average molecular weight is 339 g/mol. The summed E-state index contributed by atoms with van der Waals surface area (Å²) < 4.78 is 24.9. The summed E-state index contributed by atoms with van der Waals surface area (Å²) in [5, 5.41) is 4.25. The molecule has 0 aliphatic heterocycles. The number of benzene rings is 1. The van der Waals surface area contributed by atoms with E-state index in [9.17, 15) is 8.42 Å². The summed E-state index contributed by atoms with van der Waals surface area (Å²) in [5.41, 5.74) is 2.46. The summed E-state index contributed by atoms with van der Waals surface area (Å²) >= 11 is 1.63. The Morgan fingerprint density at radius 3 is 2.41 bits per heavy atom. The molecule has 1 aromatic heterocycles. The zero-order valence-electron chi connectivity index (χ0n) is 13.2. The van der Waals surface area contributed by atoms with Crippen LogP contribution in [0.4, 0.5) is 10.8 Å². The van der Waals surface area contributed by atoms with Gasteiger partial charge >= 0.3 is 0 Å². The van der Waals surface area contributed by atoms with Crippen molar-refractivity contribution in [2.75, 3.05) is 22.8 Å². The predicted molar refractivity (Wildman–Crippen MR) is 94.1 cm³/mol. The maximum Gasteiger partial charge on any atom is 0.229 e. The minimum Gasteiger partial charge on any atom is -0.361 e. The maximum atomic E-state index is 11.2. The molecule has 7 heteroatoms. The smallest absolute Gasteiger partial charge is 0.229 e. The largest absolute Gasteiger partial charge is 0.361 e. The molecule has 1 heterocycles. The van der Waals surface area contributed by atoms with Crippen LogP contribution in [0.5, 0.6) is 0 Å². The fourth-order valence-electron chi connectivity index (χ4n) is 1.94. The molecule has 0 saturated heterocycles. The Kier molecular flexibility index (Phi) is 5.08. The number of sulfonamides is 1. The van der Waals surface area contributed by atoms with Gasteiger partial charge in [-0.05, 0) is 25.0 Å². The van der Waals surface area contributed by atoms with E-state index >= 15 is 0 Å². The number of nitrogens with one attached hydrogen (secondary N) is 2. The molecule has 0 atom stereocenters. The van der Waals surface area contributed by atoms with Crippen LogP contribution in [0.1, 0.15) is 18.7 Å². The third kappa shape index (κ3) is 4.71. The van der Waals surface area contributed by atoms with Gasteiger partial charge < -0.3 is 5.32 Å². The van der Waals surface area contributed by atoms with Crippen molar-refractivity contribution < 1.29 is 8.42 Å². The van der Waals surface area contributed by atoms with Gasteiger partial charge in [0, 0.05) is 22.7 Å². The molecule has 0 amide bonds. The summed E-state index contributed by atoms with van der Waals surface area (Å²) in [6.45, 7) is 7.24. The monoisotopic (exact) mass is 339 g/mol. The Labute approximate surface area is 135 Å². The lowest BCUT2D eigenvalue weighted by molar-refractivity contribution is 0.607. The van der Waals surface area contributed by atoms with Crippen LogP contribution in [0.25, 0.3) is 11.3 Å². The molecule has 0 unspecified atom stereocenters. The molecule has 1 aromatic carbocycles. The number of anilines is 2. The first-order valence-electron chi connectivity index (χ1n) is 7.04. The van der Waals surface area contributed by atoms with Crippen LogP contribution in [0.2, 0.25) is 0 Å². The van der Waals surface area contributed by atoms with Crippen LogP contribution >= 0.6 is 11.3 Å². The highest BCUT2D eigenvalue weighted by Gasteiger charge is 2.10. The van der Waals surface area contributed by atoms with E-state index in [4.69, 9.17) is 0 Å². The van der Waals surface area contributed by atoms with Crippen molar-refractivity contribution >= 4 is 32.2 Å². The van der Waals surface area contributed by atoms with Gasteiger partial charge in [0.05, 0.1) is 11.9 Å². The first-order chi connectivity index (χ1) is 10.2. The number of hydrogen-bond donors (Lipinski definition) is 2. The molecule has 0 fully saturated rings. The predicted octanol–water partition coefficient (Wildman–Crippen LogP) is 3.56. The van der Waals surface area contributed by atoms with Gasteiger partial charge in [0.15, 0.2) is 5.13 Å². The Hall–Kier alpha value is -1.60. The van der Waals surface area contributed by atoms with Crippen molar-refractivity contribution in [3.63, 3.8) is 0 Å². The van der Waals surface area contributed by atoms with Gasteiger partial charge in [0.25, 0.3) is 0 Å². The lowest BCUT2D eigenvalue weighted by atomic mass is 10.1. The SMILES string of the molecule is Cc1sc(NCC(C)C)nc1-c1ccc(NS(C)(=O)=O)cc1. The molecule has 0 spiro atoms. The fraction of sp³-hybridized carbons (Fsp3) is 0.400. The minimum absolute atomic E-state index is 0.553. The third-order valence-electron chi connectivity index (χ3n) is 2.92. The quantitative estimate of drug-likeness (QED) is 0.844. The maximum absolute atomic E-state index is 11.2. The molecule has 120 valence electrons. The number of hydrogen-bond acceptors (Lipinski definition) is 5. The molecule has 2 rings (SSSR count). The van der Waals surface area contributed by atoms with Crippen LogP contribution in [0.3, 0.4) is 0 Å². The van der Waals surface area contributed by atoms with E-state index < -0.39 is 10.0 Å². The van der Waals surface area contributed by atoms with Gasteiger partial charge in [0.2, 0.25) is 10.0 Å². The number of thiazole rings is 1. The van der Waals surface area contributed by atoms with E-state index in [0.29, 0.717) is 11.6 Å². The first kappa shape index (κ1) is 16.8. The summed E-state index contributed by atoms with van der Waals surface area (Å²) in [6.07, 6.45) is 1.14. The van der Waals surface area contributed by atoms with Gasteiger partial charge in [-0.15, -0.1) is 11.3 Å². The molecular formula is C15H21N3O2S2. The van der Waals surface area contributed by atoms with E-state index in [1.54, 1.807) is 23.5 Å². The van der Waals surface area contributed by atoms with Crippen LogP contribution in [0, 0.1) is 12.8 Å². The summed E-state index contributed by atoms with van der Waals surface area (Å²) in [7, 11) is -3.25. The van der Waals surface area contributed by atoms with Gasteiger partial charge in [-0.3, -0.25) is 4.72 Å². The van der Waals surface area contributed by atoms with E-state index in [2.05, 4.69) is 28.9 Å². The minimum atomic E-state index is -3.25. The van der Waals surface area contributed by atoms with Gasteiger partial charge in [-0.1, -0.05) is 26.0 Å². The van der Waals surface area contributed by atoms with Gasteiger partial charge in [-0.2, -0.15) is 0 Å². The van der Waals surface area contributed by atoms with Crippen molar-refractivity contribution in [2.24, 2.45) is 5.92 Å². The molecule has 5 nitrogen and oxygen atoms in total. The Bertz CT molecular complexity index is 735. The van der Waals surface area contributed by atoms with E-state index in [0.717, 1.165) is 34.1 Å². The summed E-state index contributed by atoms with van der Waals surface area (Å²) in [4.78, 5) is 5.76. The van der Waals surface area contributed by atoms with Crippen molar-refractivity contribution in [3.8, 4) is 11.3 Å². The van der Waals surface area contributed by atoms with Crippen LogP contribution in [0.15, 0.2) is 24.3 Å². The van der Waals surface area contributed by atoms with Crippen molar-refractivity contribution in [2.45, 2.75) is 20.8 Å². The van der Waals surface area contributed by atoms with Gasteiger partial charge in [-0.25, -0.2) is 13.4 Å². The number of aromatic nitrogens is 1. The number of rotatable bonds is 6. The average Bonchev–Trinajstić information content (AvgIpc) is 2.77. The van der Waals surface area contributed by atoms with E-state index in [-0.39, 0.29) is 0 Å². The van der Waals surface area contributed by atoms with Crippen LogP contribution in [-0.4, -0.2) is 26.2 Å². The molecule has 0 aliphatic carbocycles. The second-order valence-corrected chi connectivity index (χ2v) is 8.60. The highest BCUT2D eigenvalue weighted by molar-refractivity contribution is 7.92. The summed E-state index contributed by atoms with van der Waals surface area (Å²) in [5.74, 6) is 0.564. The van der Waals surface area contributed by atoms with Crippen molar-refractivity contribution in [1.82, 2.24) is 4.98 Å². The molecule has 2 aromatic rings. The van der Waals surface area contributed by atoms with E-state index in [1.165, 1.54) is 0 Å². The highest BCUT2D eigenvalue weighted by Crippen LogP contribution is 2.31. The second kappa shape index (κ2) is 6.66. The third-order valence-corrected chi connectivity index (χ3v) is 4.45. The zero-order chi connectivity index (χ0) is 16.3. The molecule has 0 aliphatic rings. The Morgan fingerprint density at radius 2 is 1.86 bits per heavy atom. The molecular weight excluding hydrogens is 318 g/mol. The topological polar surface area (TPSA) is 71.1 Å². The Balaban J connectivity index is 2.18. The van der Waals surface area contributed by atoms with Crippen molar-refractivity contribution in [1.29, 1.82) is 0 Å². The lowest BCUT2D eigenvalue weighted by Crippen LogP contribution is -2.09. The van der Waals surface area contributed by atoms with Gasteiger partial charge in [0.1, 0.15) is 0 Å². The number of aryl methyl sites for hydroxylation is 1. The standard InChI is InChI=1S/C15H21N3O2S2/c1-10(2)9-16-15-17-14(11(3)21-15)12-5-7-13(8-6-12)18-22(4,19)20/h5-8,10,18H,9H2,1-4H3,(H,16,17). The van der Waals surface area contributed by atoms with Crippen molar-refractivity contribution in [3.05, 3.63) is 29.1 Å². The second-order valence-electron chi connectivity index (χ2n) is 5.65. The number of nitrogens with zero attached hydrogens (tertiary/aromatic N) is 1. The highest BCUT2D eigenvalue weighted by atomic mass is 32.2. The van der Waals surface area contributed by atoms with Crippen LogP contribution < -0.4 is 10.0 Å². The zero-order valence-corrected chi connectivity index (χ0v) is 14.8. The first-order valence-corrected chi connectivity index (χ1v) is 9.75. The molecule has 22 heavy (non-hydrogen) atoms.